The molecule has 0 saturated carbocycles. The summed E-state index contributed by atoms with van der Waals surface area (Å²) in [5, 5.41) is 63.4. The molecule has 3 aliphatic heterocycles. The second-order valence-corrected chi connectivity index (χ2v) is 18.9. The van der Waals surface area contributed by atoms with Crippen LogP contribution in [0.1, 0.15) is 98.8 Å². The largest absolute Gasteiger partial charge is 0.459 e. The third kappa shape index (κ3) is 12.7. The molecule has 3 aliphatic rings. The Kier molecular flexibility index (Phi) is 18.2. The van der Waals surface area contributed by atoms with E-state index in [0.29, 0.717) is 38.1 Å². The van der Waals surface area contributed by atoms with Gasteiger partial charge < -0.3 is 49.3 Å². The van der Waals surface area contributed by atoms with E-state index in [9.17, 15) is 35.0 Å². The Morgan fingerprint density at radius 3 is 2.37 bits per heavy atom. The van der Waals surface area contributed by atoms with E-state index in [1.54, 1.807) is 37.6 Å². The van der Waals surface area contributed by atoms with Crippen LogP contribution in [0.5, 0.6) is 0 Å². The van der Waals surface area contributed by atoms with E-state index in [0.717, 1.165) is 37.2 Å². The molecule has 0 aliphatic carbocycles. The molecule has 0 radical (unpaired) electrons. The van der Waals surface area contributed by atoms with Crippen molar-refractivity contribution < 1.29 is 53.6 Å². The number of ketones is 1. The Bertz CT molecular complexity index is 1910. The number of carbonyl (C=O) groups is 2. The predicted octanol–water partition coefficient (Wildman–Crippen LogP) is 3.63. The van der Waals surface area contributed by atoms with Crippen LogP contribution in [0, 0.1) is 33.8 Å². The van der Waals surface area contributed by atoms with E-state index in [1.165, 1.54) is 33.1 Å². The summed E-state index contributed by atoms with van der Waals surface area (Å²) in [4.78, 5) is 46.9. The molecule has 13 atom stereocenters. The number of hydrogen-bond donors (Lipinski definition) is 4. The van der Waals surface area contributed by atoms with Crippen molar-refractivity contribution in [3.63, 3.8) is 0 Å². The van der Waals surface area contributed by atoms with E-state index in [2.05, 4.69) is 20.8 Å². The van der Waals surface area contributed by atoms with Gasteiger partial charge in [0.2, 0.25) is 0 Å². The summed E-state index contributed by atoms with van der Waals surface area (Å²) in [5.41, 5.74) is -0.994. The molecule has 4 N–H and O–H groups in total. The van der Waals surface area contributed by atoms with Gasteiger partial charge in [0, 0.05) is 68.7 Å². The summed E-state index contributed by atoms with van der Waals surface area (Å²) >= 11 is 0. The lowest BCUT2D eigenvalue weighted by Crippen LogP contribution is -2.60. The van der Waals surface area contributed by atoms with Crippen LogP contribution in [-0.4, -0.2) is 152 Å². The maximum atomic E-state index is 14.4. The summed E-state index contributed by atoms with van der Waals surface area (Å²) in [5.74, 6) is -4.85. The molecule has 19 heteroatoms. The number of rotatable bonds is 14. The van der Waals surface area contributed by atoms with Crippen molar-refractivity contribution in [1.29, 1.82) is 0 Å². The van der Waals surface area contributed by atoms with Gasteiger partial charge in [-0.2, -0.15) is 0 Å². The van der Waals surface area contributed by atoms with Crippen molar-refractivity contribution in [2.75, 3.05) is 33.8 Å². The van der Waals surface area contributed by atoms with Crippen molar-refractivity contribution in [2.45, 2.75) is 167 Å². The number of hydrogen-bond acceptors (Lipinski definition) is 17. The van der Waals surface area contributed by atoms with E-state index in [4.69, 9.17) is 23.8 Å². The standard InChI is InChI=1S/C46H73N7O12/c1-11-37-46(8,58)41(56)29(4)38(49-65-35-16-20-47-21-17-35)27(2)25-45(7,61-10)42(30(5)39(54)31(6)43(57)63-37)64-44-40(55)36(24-28(3)62-44)51(9)22-19-33-26-52(50-48-33)23-18-32-12-14-34(15-13-32)53(59)60/h12-15,26-31,35-37,40-42,44,47,55-56,58H,11,16-25H2,1-10H3/t27-,28-,29+,30+,31-,36+,37-,40-,41-,42-,44+,45-,46-/m1/s1. The molecular formula is C46H73N7O12. The van der Waals surface area contributed by atoms with Crippen LogP contribution in [-0.2, 0) is 52.8 Å². The number of piperidine rings is 1. The Balaban J connectivity index is 1.37. The molecule has 0 amide bonds. The molecule has 3 saturated heterocycles. The number of nitro groups is 1. The highest BCUT2D eigenvalue weighted by Crippen LogP contribution is 2.39. The van der Waals surface area contributed by atoms with Gasteiger partial charge >= 0.3 is 5.97 Å². The smallest absolute Gasteiger partial charge is 0.316 e. The van der Waals surface area contributed by atoms with Crippen molar-refractivity contribution in [2.24, 2.45) is 28.8 Å². The summed E-state index contributed by atoms with van der Waals surface area (Å²) in [6.07, 6.45) is -1.20. The minimum atomic E-state index is -1.92. The minimum absolute atomic E-state index is 0.0400. The van der Waals surface area contributed by atoms with Crippen LogP contribution in [0.2, 0.25) is 0 Å². The number of nitro benzene ring substituents is 1. The molecule has 65 heavy (non-hydrogen) atoms. The number of methoxy groups -OCH3 is 1. The monoisotopic (exact) mass is 916 g/mol. The molecule has 0 unspecified atom stereocenters. The van der Waals surface area contributed by atoms with Crippen LogP contribution in [0.15, 0.2) is 35.6 Å². The normalized spacial score (nSPS) is 35.5. The van der Waals surface area contributed by atoms with Crippen molar-refractivity contribution in [3.8, 4) is 0 Å². The lowest BCUT2D eigenvalue weighted by atomic mass is 9.74. The molecule has 1 aromatic heterocycles. The van der Waals surface area contributed by atoms with Gasteiger partial charge in [-0.3, -0.25) is 24.4 Å². The lowest BCUT2D eigenvalue weighted by molar-refractivity contribution is -0.384. The minimum Gasteiger partial charge on any atom is -0.459 e. The zero-order valence-electron chi connectivity index (χ0n) is 39.8. The molecule has 19 nitrogen and oxygen atoms in total. The first-order chi connectivity index (χ1) is 30.7. The zero-order chi connectivity index (χ0) is 47.8. The van der Waals surface area contributed by atoms with E-state index in [1.807, 2.05) is 38.9 Å². The average Bonchev–Trinajstić information content (AvgIpc) is 3.75. The summed E-state index contributed by atoms with van der Waals surface area (Å²) in [6, 6.07) is 6.02. The number of likely N-dealkylation sites (N-methyl/N-ethyl adjacent to an activating group) is 1. The van der Waals surface area contributed by atoms with Crippen molar-refractivity contribution >= 4 is 23.2 Å². The van der Waals surface area contributed by atoms with E-state index < -0.39 is 88.3 Å². The van der Waals surface area contributed by atoms with Gasteiger partial charge in [0.1, 0.15) is 29.8 Å². The van der Waals surface area contributed by atoms with Crippen LogP contribution in [0.25, 0.3) is 0 Å². The Morgan fingerprint density at radius 2 is 1.74 bits per heavy atom. The number of oxime groups is 1. The fourth-order valence-electron chi connectivity index (χ4n) is 9.62. The maximum absolute atomic E-state index is 14.4. The number of ether oxygens (including phenoxy) is 4. The number of esters is 1. The number of aryl methyl sites for hydroxylation is 2. The number of carbonyl (C=O) groups excluding carboxylic acids is 2. The highest BCUT2D eigenvalue weighted by atomic mass is 16.7. The SMILES string of the molecule is CC[C@H]1OC(=O)[C@H](C)C(=O)[C@H](C)[C@@H](O[C@@H]2O[C@H](C)C[C@H](N(C)CCc3cn(CCc4ccc([N+](=O)[O-])cc4)nn3)[C@H]2O)[C@](C)(OC)C[C@@H](C)C(=NOC2CCNCC2)[C@H](C)[C@@H](O)[C@]1(C)O. The maximum Gasteiger partial charge on any atom is 0.316 e. The molecule has 4 heterocycles. The molecule has 3 fully saturated rings. The topological polar surface area (TPSA) is 242 Å². The van der Waals surface area contributed by atoms with Gasteiger partial charge in [0.15, 0.2) is 12.1 Å². The molecule has 0 bridgehead atoms. The van der Waals surface area contributed by atoms with Crippen LogP contribution >= 0.6 is 0 Å². The van der Waals surface area contributed by atoms with Gasteiger partial charge in [-0.1, -0.05) is 50.2 Å². The third-order valence-electron chi connectivity index (χ3n) is 13.9. The number of aliphatic hydroxyl groups excluding tert-OH is 2. The van der Waals surface area contributed by atoms with Gasteiger partial charge in [-0.05, 0) is 91.9 Å². The highest BCUT2D eigenvalue weighted by molar-refractivity contribution is 6.00. The lowest BCUT2D eigenvalue weighted by Gasteiger charge is -2.47. The van der Waals surface area contributed by atoms with Crippen LogP contribution in [0.4, 0.5) is 5.69 Å². The number of benzene rings is 1. The van der Waals surface area contributed by atoms with Crippen molar-refractivity contribution in [1.82, 2.24) is 25.2 Å². The van der Waals surface area contributed by atoms with Gasteiger partial charge in [0.25, 0.3) is 5.69 Å². The number of cyclic esters (lactones) is 1. The zero-order valence-corrected chi connectivity index (χ0v) is 39.8. The first kappa shape index (κ1) is 52.0. The first-order valence-electron chi connectivity index (χ1n) is 23.2. The fraction of sp³-hybridized carbons (Fsp3) is 0.761. The molecule has 364 valence electrons. The van der Waals surface area contributed by atoms with Crippen molar-refractivity contribution in [3.05, 3.63) is 51.8 Å². The summed E-state index contributed by atoms with van der Waals surface area (Å²) < 4.78 is 27.0. The number of non-ortho nitro benzene ring substituents is 1. The predicted molar refractivity (Wildman–Crippen MR) is 240 cm³/mol. The number of aliphatic hydroxyl groups is 3. The first-order valence-corrected chi connectivity index (χ1v) is 23.2. The Morgan fingerprint density at radius 1 is 1.06 bits per heavy atom. The van der Waals surface area contributed by atoms with Crippen LogP contribution in [0.3, 0.4) is 0 Å². The average molecular weight is 916 g/mol. The number of nitrogens with one attached hydrogen (secondary N) is 1. The molecule has 5 rings (SSSR count). The molecule has 0 spiro atoms. The highest BCUT2D eigenvalue weighted by Gasteiger charge is 2.52. The summed E-state index contributed by atoms with van der Waals surface area (Å²) in [6.45, 7) is 16.3. The third-order valence-corrected chi connectivity index (χ3v) is 13.9. The second-order valence-electron chi connectivity index (χ2n) is 18.9. The van der Waals surface area contributed by atoms with E-state index >= 15 is 0 Å². The number of aromatic nitrogens is 3. The quantitative estimate of drug-likeness (QED) is 0.0915. The van der Waals surface area contributed by atoms with Crippen LogP contribution < -0.4 is 5.32 Å². The van der Waals surface area contributed by atoms with Gasteiger partial charge in [-0.15, -0.1) is 5.10 Å². The second kappa shape index (κ2) is 22.7. The number of nitrogens with zero attached hydrogens (tertiary/aromatic N) is 6. The molecule has 1 aromatic carbocycles. The molecular weight excluding hydrogens is 843 g/mol. The van der Waals surface area contributed by atoms with E-state index in [-0.39, 0.29) is 30.7 Å². The molecule has 2 aromatic rings. The Hall–Kier alpha value is -3.95. The Labute approximate surface area is 382 Å². The summed E-state index contributed by atoms with van der Waals surface area (Å²) in [7, 11) is 3.43. The fourth-order valence-corrected chi connectivity index (χ4v) is 9.62. The van der Waals surface area contributed by atoms with Gasteiger partial charge in [0.05, 0.1) is 40.2 Å². The van der Waals surface area contributed by atoms with Gasteiger partial charge in [-0.25, -0.2) is 0 Å². The number of Topliss-reactive ketones (excluding diaryl/α,β-unsaturated/α-hetero) is 1.